The van der Waals surface area contributed by atoms with Crippen molar-refractivity contribution in [2.45, 2.75) is 19.3 Å². The van der Waals surface area contributed by atoms with E-state index in [0.717, 1.165) is 16.6 Å². The first-order valence-electron chi connectivity index (χ1n) is 7.46. The van der Waals surface area contributed by atoms with Crippen LogP contribution in [0.15, 0.2) is 54.6 Å². The molecule has 4 heteroatoms. The van der Waals surface area contributed by atoms with Crippen molar-refractivity contribution in [3.63, 3.8) is 0 Å². The van der Waals surface area contributed by atoms with E-state index in [4.69, 9.17) is 0 Å². The summed E-state index contributed by atoms with van der Waals surface area (Å²) in [5, 5.41) is 10.5. The van der Waals surface area contributed by atoms with Gasteiger partial charge in [-0.3, -0.25) is 9.59 Å². The Kier molecular flexibility index (Phi) is 3.98. The van der Waals surface area contributed by atoms with Crippen LogP contribution in [0, 0.1) is 6.92 Å². The number of hydrogen-bond donors (Lipinski definition) is 2. The van der Waals surface area contributed by atoms with Crippen LogP contribution in [-0.2, 0) is 4.79 Å². The third kappa shape index (κ3) is 2.88. The Hall–Kier alpha value is -2.88. The molecule has 1 aromatic heterocycles. The number of carboxylic acid groups (broad SMARTS) is 1. The fraction of sp³-hybridized carbons (Fsp3) is 0.158. The molecule has 0 saturated carbocycles. The zero-order valence-electron chi connectivity index (χ0n) is 12.7. The number of H-pyrrole nitrogens is 1. The summed E-state index contributed by atoms with van der Waals surface area (Å²) in [6.45, 7) is 1.85. The maximum atomic E-state index is 12.4. The molecule has 0 aliphatic carbocycles. The normalized spacial score (nSPS) is 12.2. The van der Waals surface area contributed by atoms with Crippen LogP contribution >= 0.6 is 0 Å². The number of para-hydroxylation sites is 1. The van der Waals surface area contributed by atoms with Gasteiger partial charge in [-0.1, -0.05) is 48.5 Å². The molecule has 0 spiro atoms. The summed E-state index contributed by atoms with van der Waals surface area (Å²) in [5.74, 6) is -2.01. The van der Waals surface area contributed by atoms with Gasteiger partial charge in [-0.2, -0.15) is 0 Å². The Bertz CT molecular complexity index is 865. The van der Waals surface area contributed by atoms with Gasteiger partial charge in [-0.05, 0) is 18.6 Å². The van der Waals surface area contributed by atoms with Gasteiger partial charge in [-0.15, -0.1) is 0 Å². The second-order valence-corrected chi connectivity index (χ2v) is 5.59. The second kappa shape index (κ2) is 6.08. The van der Waals surface area contributed by atoms with Crippen LogP contribution in [0.5, 0.6) is 0 Å². The Morgan fingerprint density at radius 3 is 2.39 bits per heavy atom. The van der Waals surface area contributed by atoms with E-state index in [9.17, 15) is 14.7 Å². The molecule has 3 rings (SSSR count). The van der Waals surface area contributed by atoms with Gasteiger partial charge in [0.2, 0.25) is 0 Å². The van der Waals surface area contributed by atoms with Gasteiger partial charge in [0.15, 0.2) is 5.78 Å². The molecule has 1 heterocycles. The predicted octanol–water partition coefficient (Wildman–Crippen LogP) is 3.92. The second-order valence-electron chi connectivity index (χ2n) is 5.59. The number of Topliss-reactive ketones (excluding diaryl/α,β-unsaturated/α-hetero) is 1. The average Bonchev–Trinajstić information content (AvgIpc) is 2.88. The maximum Gasteiger partial charge on any atom is 0.311 e. The molecule has 2 N–H and O–H groups in total. The fourth-order valence-electron chi connectivity index (χ4n) is 2.99. The predicted molar refractivity (Wildman–Crippen MR) is 88.8 cm³/mol. The molecule has 116 valence electrons. The molecule has 0 bridgehead atoms. The highest BCUT2D eigenvalue weighted by atomic mass is 16.4. The number of carbonyl (C=O) groups is 2. The highest BCUT2D eigenvalue weighted by molar-refractivity contribution is 6.00. The van der Waals surface area contributed by atoms with Gasteiger partial charge in [0.1, 0.15) is 0 Å². The van der Waals surface area contributed by atoms with Gasteiger partial charge in [-0.25, -0.2) is 0 Å². The van der Waals surface area contributed by atoms with Crippen molar-refractivity contribution in [1.29, 1.82) is 0 Å². The van der Waals surface area contributed by atoms with Crippen LogP contribution in [0.25, 0.3) is 10.9 Å². The lowest BCUT2D eigenvalue weighted by Crippen LogP contribution is -2.17. The first-order chi connectivity index (χ1) is 11.1. The van der Waals surface area contributed by atoms with E-state index in [2.05, 4.69) is 4.98 Å². The number of aromatic amines is 1. The topological polar surface area (TPSA) is 70.2 Å². The summed E-state index contributed by atoms with van der Waals surface area (Å²) in [5.41, 5.74) is 2.91. The lowest BCUT2D eigenvalue weighted by atomic mass is 9.89. The molecule has 0 aliphatic rings. The number of aliphatic carboxylic acids is 1. The van der Waals surface area contributed by atoms with E-state index < -0.39 is 11.9 Å². The first-order valence-corrected chi connectivity index (χ1v) is 7.46. The molecule has 2 aromatic carbocycles. The fourth-order valence-corrected chi connectivity index (χ4v) is 2.99. The molecule has 0 unspecified atom stereocenters. The van der Waals surface area contributed by atoms with Gasteiger partial charge in [0.25, 0.3) is 0 Å². The monoisotopic (exact) mass is 307 g/mol. The lowest BCUT2D eigenvalue weighted by Gasteiger charge is -2.12. The SMILES string of the molecule is Cc1[nH]c2ccccc2c1[C@H](CC(=O)c1ccccc1)C(=O)O. The maximum absolute atomic E-state index is 12.4. The van der Waals surface area contributed by atoms with Crippen molar-refractivity contribution in [3.05, 3.63) is 71.4 Å². The minimum Gasteiger partial charge on any atom is -0.481 e. The smallest absolute Gasteiger partial charge is 0.311 e. The van der Waals surface area contributed by atoms with Crippen molar-refractivity contribution in [2.75, 3.05) is 0 Å². The van der Waals surface area contributed by atoms with Crippen molar-refractivity contribution in [1.82, 2.24) is 4.98 Å². The lowest BCUT2D eigenvalue weighted by molar-refractivity contribution is -0.138. The summed E-state index contributed by atoms with van der Waals surface area (Å²) in [6.07, 6.45) is -0.0535. The molecule has 0 amide bonds. The number of hydrogen-bond acceptors (Lipinski definition) is 2. The molecule has 0 radical (unpaired) electrons. The van der Waals surface area contributed by atoms with Crippen LogP contribution in [-0.4, -0.2) is 21.8 Å². The zero-order valence-corrected chi connectivity index (χ0v) is 12.7. The molecular formula is C19H17NO3. The molecular weight excluding hydrogens is 290 g/mol. The van der Waals surface area contributed by atoms with E-state index in [-0.39, 0.29) is 12.2 Å². The third-order valence-electron chi connectivity index (χ3n) is 4.08. The Labute approximate surface area is 133 Å². The summed E-state index contributed by atoms with van der Waals surface area (Å²) < 4.78 is 0. The largest absolute Gasteiger partial charge is 0.481 e. The number of carbonyl (C=O) groups excluding carboxylic acids is 1. The minimum atomic E-state index is -0.984. The van der Waals surface area contributed by atoms with Crippen molar-refractivity contribution >= 4 is 22.7 Å². The van der Waals surface area contributed by atoms with Crippen LogP contribution in [0.1, 0.15) is 34.0 Å². The highest BCUT2D eigenvalue weighted by Gasteiger charge is 2.28. The molecule has 0 saturated heterocycles. The Morgan fingerprint density at radius 1 is 1.04 bits per heavy atom. The van der Waals surface area contributed by atoms with Crippen molar-refractivity contribution in [3.8, 4) is 0 Å². The summed E-state index contributed by atoms with van der Waals surface area (Å²) in [4.78, 5) is 27.4. The minimum absolute atomic E-state index is 0.0535. The Balaban J connectivity index is 2.00. The van der Waals surface area contributed by atoms with Crippen molar-refractivity contribution in [2.24, 2.45) is 0 Å². The number of aryl methyl sites for hydroxylation is 1. The molecule has 1 atom stereocenters. The molecule has 0 aliphatic heterocycles. The summed E-state index contributed by atoms with van der Waals surface area (Å²) in [7, 11) is 0. The van der Waals surface area contributed by atoms with E-state index >= 15 is 0 Å². The molecule has 3 aromatic rings. The third-order valence-corrected chi connectivity index (χ3v) is 4.08. The standard InChI is InChI=1S/C19H17NO3/c1-12-18(14-9-5-6-10-16(14)20-12)15(19(22)23)11-17(21)13-7-3-2-4-8-13/h2-10,15,20H,11H2,1H3,(H,22,23)/t15-/m0/s1. The number of carboxylic acids is 1. The van der Waals surface area contributed by atoms with E-state index in [1.807, 2.05) is 37.3 Å². The molecule has 23 heavy (non-hydrogen) atoms. The molecule has 0 fully saturated rings. The van der Waals surface area contributed by atoms with E-state index in [1.165, 1.54) is 0 Å². The highest BCUT2D eigenvalue weighted by Crippen LogP contribution is 2.32. The van der Waals surface area contributed by atoms with Gasteiger partial charge in [0, 0.05) is 28.6 Å². The van der Waals surface area contributed by atoms with Gasteiger partial charge >= 0.3 is 5.97 Å². The summed E-state index contributed by atoms with van der Waals surface area (Å²) >= 11 is 0. The number of fused-ring (bicyclic) bond motifs is 1. The van der Waals surface area contributed by atoms with Crippen LogP contribution < -0.4 is 0 Å². The number of benzene rings is 2. The first kappa shape index (κ1) is 15.0. The Morgan fingerprint density at radius 2 is 1.70 bits per heavy atom. The van der Waals surface area contributed by atoms with E-state index in [1.54, 1.807) is 24.3 Å². The molecule has 4 nitrogen and oxygen atoms in total. The zero-order chi connectivity index (χ0) is 16.4. The van der Waals surface area contributed by atoms with Crippen molar-refractivity contribution < 1.29 is 14.7 Å². The van der Waals surface area contributed by atoms with Crippen LogP contribution in [0.3, 0.4) is 0 Å². The van der Waals surface area contributed by atoms with Crippen LogP contribution in [0.4, 0.5) is 0 Å². The number of aromatic nitrogens is 1. The number of ketones is 1. The van der Waals surface area contributed by atoms with Crippen LogP contribution in [0.2, 0.25) is 0 Å². The quantitative estimate of drug-likeness (QED) is 0.702. The van der Waals surface area contributed by atoms with Gasteiger partial charge in [0.05, 0.1) is 5.92 Å². The number of rotatable bonds is 5. The average molecular weight is 307 g/mol. The van der Waals surface area contributed by atoms with Gasteiger partial charge < -0.3 is 10.1 Å². The summed E-state index contributed by atoms with van der Waals surface area (Å²) in [6, 6.07) is 16.4. The number of nitrogens with one attached hydrogen (secondary N) is 1. The van der Waals surface area contributed by atoms with E-state index in [0.29, 0.717) is 11.1 Å².